The summed E-state index contributed by atoms with van der Waals surface area (Å²) in [5, 5.41) is 17.6. The highest BCUT2D eigenvalue weighted by molar-refractivity contribution is 5.95. The van der Waals surface area contributed by atoms with Gasteiger partial charge in [-0.1, -0.05) is 25.0 Å². The van der Waals surface area contributed by atoms with E-state index < -0.39 is 88.9 Å². The number of esters is 1. The van der Waals surface area contributed by atoms with Gasteiger partial charge in [-0.3, -0.25) is 9.59 Å². The average Bonchev–Trinajstić information content (AvgIpc) is 3.69. The fourth-order valence-corrected chi connectivity index (χ4v) is 8.62. The zero-order valence-corrected chi connectivity index (χ0v) is 32.4. The van der Waals surface area contributed by atoms with Crippen LogP contribution >= 0.6 is 0 Å². The number of aromatic nitrogens is 1. The predicted molar refractivity (Wildman–Crippen MR) is 197 cm³/mol. The summed E-state index contributed by atoms with van der Waals surface area (Å²) in [5.74, 6) is -2.85. The molecule has 6 rings (SSSR count). The predicted octanol–water partition coefficient (Wildman–Crippen LogP) is 6.05. The molecular formula is C40H51F3N4O9. The quantitative estimate of drug-likeness (QED) is 0.245. The number of methoxy groups -OCH3 is 1. The number of carbonyl (C=O) groups is 4. The molecule has 3 aliphatic heterocycles. The van der Waals surface area contributed by atoms with Crippen LogP contribution in [0.1, 0.15) is 109 Å². The Morgan fingerprint density at radius 3 is 2.57 bits per heavy atom. The fourth-order valence-electron chi connectivity index (χ4n) is 8.62. The lowest BCUT2D eigenvalue weighted by Gasteiger charge is -2.39. The first-order valence-electron chi connectivity index (χ1n) is 19.3. The number of benzene rings is 1. The summed E-state index contributed by atoms with van der Waals surface area (Å²) in [5.41, 5.74) is -5.62. The summed E-state index contributed by atoms with van der Waals surface area (Å²) in [6.07, 6.45) is 0.166. The summed E-state index contributed by atoms with van der Waals surface area (Å²) in [4.78, 5) is 61.4. The molecule has 0 radical (unpaired) electrons. The van der Waals surface area contributed by atoms with Crippen molar-refractivity contribution in [1.82, 2.24) is 20.5 Å². The van der Waals surface area contributed by atoms with Crippen molar-refractivity contribution in [3.63, 3.8) is 0 Å². The summed E-state index contributed by atoms with van der Waals surface area (Å²) in [6.45, 7) is 6.32. The van der Waals surface area contributed by atoms with Gasteiger partial charge in [-0.25, -0.2) is 14.6 Å². The van der Waals surface area contributed by atoms with E-state index in [4.69, 9.17) is 18.9 Å². The van der Waals surface area contributed by atoms with Crippen molar-refractivity contribution in [3.8, 4) is 11.5 Å². The molecule has 1 saturated carbocycles. The van der Waals surface area contributed by atoms with Crippen LogP contribution in [0.2, 0.25) is 0 Å². The third kappa shape index (κ3) is 8.25. The van der Waals surface area contributed by atoms with Gasteiger partial charge >= 0.3 is 18.2 Å². The van der Waals surface area contributed by atoms with Crippen LogP contribution in [0.15, 0.2) is 30.4 Å². The van der Waals surface area contributed by atoms with E-state index in [1.807, 2.05) is 12.2 Å². The lowest BCUT2D eigenvalue weighted by molar-refractivity contribution is -0.155. The van der Waals surface area contributed by atoms with Crippen LogP contribution in [0.3, 0.4) is 0 Å². The molecule has 3 N–H and O–H groups in total. The number of hydrogen-bond acceptors (Lipinski definition) is 10. The number of alkyl halides is 3. The molecule has 0 bridgehead atoms. The average molecular weight is 789 g/mol. The van der Waals surface area contributed by atoms with Crippen LogP contribution in [0.5, 0.6) is 11.5 Å². The number of pyridine rings is 1. The number of hydrogen-bond donors (Lipinski definition) is 3. The SMILES string of the molecule is CCOC(=O)C12CCCC1C=CCCCCCC(NC(=O)OC(C)(C)C)C(=O)N1CC3(CC(O)c4c(c(C(F)(F)F)nc5ccc(OC)cc45)O3)CC1C(=O)N2. The first kappa shape index (κ1) is 41.0. The van der Waals surface area contributed by atoms with Gasteiger partial charge < -0.3 is 39.6 Å². The summed E-state index contributed by atoms with van der Waals surface area (Å²) >= 11 is 0. The second kappa shape index (κ2) is 15.7. The van der Waals surface area contributed by atoms with E-state index in [1.54, 1.807) is 27.7 Å². The lowest BCUT2D eigenvalue weighted by Crippen LogP contribution is -2.62. The molecule has 2 aromatic rings. The molecule has 56 heavy (non-hydrogen) atoms. The van der Waals surface area contributed by atoms with Gasteiger partial charge in [0.05, 0.1) is 31.9 Å². The molecular weight excluding hydrogens is 737 g/mol. The van der Waals surface area contributed by atoms with E-state index in [-0.39, 0.29) is 48.8 Å². The van der Waals surface area contributed by atoms with E-state index >= 15 is 0 Å². The molecule has 6 unspecified atom stereocenters. The number of allylic oxidation sites excluding steroid dienone is 1. The highest BCUT2D eigenvalue weighted by atomic mass is 19.4. The van der Waals surface area contributed by atoms with Gasteiger partial charge in [0.25, 0.3) is 0 Å². The number of halogens is 3. The Morgan fingerprint density at radius 1 is 1.11 bits per heavy atom. The summed E-state index contributed by atoms with van der Waals surface area (Å²) < 4.78 is 66.9. The van der Waals surface area contributed by atoms with Crippen molar-refractivity contribution >= 4 is 34.8 Å². The van der Waals surface area contributed by atoms with Crippen LogP contribution in [0.25, 0.3) is 10.9 Å². The molecule has 3 amide bonds. The number of carbonyl (C=O) groups excluding carboxylic acids is 4. The maximum Gasteiger partial charge on any atom is 0.437 e. The number of aliphatic hydroxyl groups excluding tert-OH is 1. The topological polar surface area (TPSA) is 166 Å². The molecule has 1 aromatic heterocycles. The molecule has 1 aromatic carbocycles. The van der Waals surface area contributed by atoms with Crippen LogP contribution in [-0.2, 0) is 30.0 Å². The van der Waals surface area contributed by atoms with Gasteiger partial charge in [-0.2, -0.15) is 13.2 Å². The Kier molecular flexibility index (Phi) is 11.5. The molecule has 6 atom stereocenters. The number of amides is 3. The third-order valence-corrected chi connectivity index (χ3v) is 11.1. The van der Waals surface area contributed by atoms with Gasteiger partial charge in [0.2, 0.25) is 11.8 Å². The fraction of sp³-hybridized carbons (Fsp3) is 0.625. The Hall–Kier alpha value is -4.60. The van der Waals surface area contributed by atoms with Crippen molar-refractivity contribution in [2.75, 3.05) is 20.3 Å². The molecule has 16 heteroatoms. The van der Waals surface area contributed by atoms with Crippen molar-refractivity contribution in [1.29, 1.82) is 0 Å². The minimum absolute atomic E-state index is 0.0374. The minimum atomic E-state index is -5.01. The number of rotatable bonds is 4. The maximum absolute atomic E-state index is 14.8. The second-order valence-corrected chi connectivity index (χ2v) is 16.2. The van der Waals surface area contributed by atoms with E-state index in [9.17, 15) is 37.5 Å². The van der Waals surface area contributed by atoms with Crippen molar-refractivity contribution in [2.24, 2.45) is 5.92 Å². The largest absolute Gasteiger partial charge is 0.497 e. The number of nitrogens with zero attached hydrogens (tertiary/aromatic N) is 2. The van der Waals surface area contributed by atoms with Crippen LogP contribution in [-0.4, -0.2) is 88.0 Å². The monoisotopic (exact) mass is 788 g/mol. The minimum Gasteiger partial charge on any atom is -0.497 e. The van der Waals surface area contributed by atoms with E-state index in [0.717, 1.165) is 6.42 Å². The lowest BCUT2D eigenvalue weighted by atomic mass is 9.84. The summed E-state index contributed by atoms with van der Waals surface area (Å²) in [6, 6.07) is 1.72. The van der Waals surface area contributed by atoms with Crippen molar-refractivity contribution < 1.29 is 56.4 Å². The second-order valence-electron chi connectivity index (χ2n) is 16.2. The molecule has 2 fully saturated rings. The number of alkyl carbamates (subject to hydrolysis) is 1. The Labute approximate surface area is 323 Å². The van der Waals surface area contributed by atoms with Gasteiger partial charge in [-0.15, -0.1) is 0 Å². The summed E-state index contributed by atoms with van der Waals surface area (Å²) in [7, 11) is 1.40. The van der Waals surface area contributed by atoms with Crippen molar-refractivity contribution in [2.45, 2.75) is 133 Å². The van der Waals surface area contributed by atoms with E-state index in [1.165, 1.54) is 30.2 Å². The van der Waals surface area contributed by atoms with Gasteiger partial charge in [0, 0.05) is 29.7 Å². The first-order valence-corrected chi connectivity index (χ1v) is 19.3. The zero-order valence-electron chi connectivity index (χ0n) is 32.4. The highest BCUT2D eigenvalue weighted by Gasteiger charge is 2.58. The molecule has 1 saturated heterocycles. The van der Waals surface area contributed by atoms with Gasteiger partial charge in [0.15, 0.2) is 11.4 Å². The van der Waals surface area contributed by atoms with Crippen LogP contribution in [0.4, 0.5) is 18.0 Å². The smallest absolute Gasteiger partial charge is 0.437 e. The highest BCUT2D eigenvalue weighted by Crippen LogP contribution is 2.52. The van der Waals surface area contributed by atoms with E-state index in [0.29, 0.717) is 37.9 Å². The van der Waals surface area contributed by atoms with E-state index in [2.05, 4.69) is 15.6 Å². The normalized spacial score (nSPS) is 28.6. The Morgan fingerprint density at radius 2 is 1.88 bits per heavy atom. The first-order chi connectivity index (χ1) is 26.4. The molecule has 1 spiro atoms. The van der Waals surface area contributed by atoms with Crippen LogP contribution < -0.4 is 20.1 Å². The zero-order chi connectivity index (χ0) is 40.6. The van der Waals surface area contributed by atoms with Gasteiger partial charge in [0.1, 0.15) is 34.6 Å². The molecule has 306 valence electrons. The van der Waals surface area contributed by atoms with Crippen LogP contribution in [0, 0.1) is 5.92 Å². The standard InChI is InChI=1S/C40H51F3N4O9/c1-6-54-35(51)39-18-12-14-23(39)13-10-8-7-9-11-15-27(45-36(52)56-37(2,3)4)34(50)47-22-38(20-28(47)33(49)46-39)21-29(48)30-25-19-24(53-5)16-17-26(25)44-32(31(30)55-38)40(41,42)43/h10,13,16-17,19,23,27-29,48H,6-9,11-12,14-15,18,20-22H2,1-5H3,(H,45,52)(H,46,49). The van der Waals surface area contributed by atoms with Crippen molar-refractivity contribution in [3.05, 3.63) is 41.6 Å². The molecule has 13 nitrogen and oxygen atoms in total. The molecule has 1 aliphatic carbocycles. The molecule has 4 aliphatic rings. The number of nitrogens with one attached hydrogen (secondary N) is 2. The molecule has 4 heterocycles. The van der Waals surface area contributed by atoms with Gasteiger partial charge in [-0.05, 0) is 84.4 Å². The maximum atomic E-state index is 14.8. The number of fused-ring (bicyclic) bond motifs is 5. The number of aliphatic hydroxyl groups is 1. The number of ether oxygens (including phenoxy) is 4. The third-order valence-electron chi connectivity index (χ3n) is 11.1. The Balaban J connectivity index is 1.45. The Bertz CT molecular complexity index is 1880.